The van der Waals surface area contributed by atoms with Crippen LogP contribution in [0.15, 0.2) is 72.8 Å². The second-order valence-corrected chi connectivity index (χ2v) is 12.0. The summed E-state index contributed by atoms with van der Waals surface area (Å²) < 4.78 is 14.7. The summed E-state index contributed by atoms with van der Waals surface area (Å²) in [7, 11) is 2.89. The first-order valence-electron chi connectivity index (χ1n) is 14.7. The summed E-state index contributed by atoms with van der Waals surface area (Å²) in [6.45, 7) is 0.115. The zero-order valence-corrected chi connectivity index (χ0v) is 24.0. The number of esters is 1. The van der Waals surface area contributed by atoms with Crippen molar-refractivity contribution in [1.29, 1.82) is 0 Å². The van der Waals surface area contributed by atoms with E-state index in [0.29, 0.717) is 28.7 Å². The fourth-order valence-electron chi connectivity index (χ4n) is 8.24. The number of amides is 2. The summed E-state index contributed by atoms with van der Waals surface area (Å²) in [5.41, 5.74) is 3.08. The van der Waals surface area contributed by atoms with E-state index in [4.69, 9.17) is 9.47 Å². The van der Waals surface area contributed by atoms with Crippen LogP contribution in [0.5, 0.6) is 5.75 Å². The molecule has 44 heavy (non-hydrogen) atoms. The van der Waals surface area contributed by atoms with Gasteiger partial charge >= 0.3 is 5.97 Å². The Morgan fingerprint density at radius 2 is 1.41 bits per heavy atom. The van der Waals surface area contributed by atoms with Gasteiger partial charge in [-0.2, -0.15) is 0 Å². The minimum absolute atomic E-state index is 0.115. The highest BCUT2D eigenvalue weighted by atomic mass is 16.5. The monoisotopic (exact) mass is 585 g/mol. The minimum atomic E-state index is -1.78. The molecule has 9 heteroatoms. The predicted octanol–water partition coefficient (Wildman–Crippen LogP) is 5.50. The summed E-state index contributed by atoms with van der Waals surface area (Å²) in [5, 5.41) is 15.1. The third kappa shape index (κ3) is 2.90. The van der Waals surface area contributed by atoms with E-state index < -0.39 is 17.6 Å². The lowest BCUT2D eigenvalue weighted by Crippen LogP contribution is -2.44. The average molecular weight is 586 g/mol. The number of hydrogen-bond acceptors (Lipinski definition) is 6. The molecule has 4 heterocycles. The van der Waals surface area contributed by atoms with E-state index in [9.17, 15) is 19.5 Å². The van der Waals surface area contributed by atoms with Gasteiger partial charge in [-0.05, 0) is 36.2 Å². The standard InChI is InChI=1S/C35H27N3O6/c1-43-20-13-11-18(12-14-20)17-36-32(39)28-26-21-7-3-5-9-23(21)37-19-15-25(35(42,16-19)34(41)44-2)38-24-10-6-4-8-22(24)27(29(28)33(36)40)31(38)30(26)37/h3-14,19,25,42H,15-17H2,1-2H3. The minimum Gasteiger partial charge on any atom is -0.497 e. The highest BCUT2D eigenvalue weighted by Crippen LogP contribution is 2.57. The summed E-state index contributed by atoms with van der Waals surface area (Å²) in [6, 6.07) is 22.1. The largest absolute Gasteiger partial charge is 0.497 e. The number of aromatic nitrogens is 2. The molecule has 3 atom stereocenters. The molecule has 218 valence electrons. The van der Waals surface area contributed by atoms with Gasteiger partial charge in [0, 0.05) is 45.0 Å². The van der Waals surface area contributed by atoms with Crippen molar-refractivity contribution < 1.29 is 29.0 Å². The molecule has 1 N–H and O–H groups in total. The second kappa shape index (κ2) is 8.48. The molecule has 1 saturated carbocycles. The average Bonchev–Trinajstić information content (AvgIpc) is 3.72. The third-order valence-electron chi connectivity index (χ3n) is 10.0. The number of para-hydroxylation sites is 2. The number of nitrogens with zero attached hydrogens (tertiary/aromatic N) is 3. The van der Waals surface area contributed by atoms with Gasteiger partial charge in [0.2, 0.25) is 0 Å². The van der Waals surface area contributed by atoms with Gasteiger partial charge in [-0.3, -0.25) is 14.5 Å². The number of carbonyl (C=O) groups is 3. The van der Waals surface area contributed by atoms with E-state index in [0.717, 1.165) is 43.8 Å². The zero-order chi connectivity index (χ0) is 30.1. The van der Waals surface area contributed by atoms with Gasteiger partial charge in [0.25, 0.3) is 11.8 Å². The van der Waals surface area contributed by atoms with Crippen LogP contribution in [0.3, 0.4) is 0 Å². The number of aliphatic hydroxyl groups is 1. The molecular weight excluding hydrogens is 558 g/mol. The topological polar surface area (TPSA) is 103 Å². The molecule has 9 rings (SSSR count). The number of hydrogen-bond donors (Lipinski definition) is 1. The molecule has 0 radical (unpaired) electrons. The van der Waals surface area contributed by atoms with Crippen molar-refractivity contribution in [2.75, 3.05) is 14.2 Å². The number of benzene rings is 4. The molecule has 2 aliphatic heterocycles. The van der Waals surface area contributed by atoms with Gasteiger partial charge < -0.3 is 23.7 Å². The highest BCUT2D eigenvalue weighted by molar-refractivity contribution is 6.39. The third-order valence-corrected chi connectivity index (χ3v) is 10.0. The Balaban J connectivity index is 1.42. The van der Waals surface area contributed by atoms with Gasteiger partial charge in [-0.1, -0.05) is 48.5 Å². The molecule has 0 spiro atoms. The van der Waals surface area contributed by atoms with Crippen molar-refractivity contribution in [2.45, 2.75) is 37.1 Å². The lowest BCUT2D eigenvalue weighted by atomic mass is 9.95. The Morgan fingerprint density at radius 1 is 0.841 bits per heavy atom. The number of rotatable bonds is 4. The van der Waals surface area contributed by atoms with E-state index in [1.165, 1.54) is 12.0 Å². The predicted molar refractivity (Wildman–Crippen MR) is 164 cm³/mol. The van der Waals surface area contributed by atoms with Crippen molar-refractivity contribution in [1.82, 2.24) is 14.0 Å². The Kier molecular flexibility index (Phi) is 4.89. The number of ether oxygens (including phenoxy) is 2. The van der Waals surface area contributed by atoms with Crippen molar-refractivity contribution in [3.05, 3.63) is 89.5 Å². The van der Waals surface area contributed by atoms with Crippen LogP contribution in [0.25, 0.3) is 43.6 Å². The van der Waals surface area contributed by atoms with Gasteiger partial charge in [0.15, 0.2) is 5.60 Å². The van der Waals surface area contributed by atoms with Gasteiger partial charge in [0.05, 0.1) is 49.0 Å². The number of carbonyl (C=O) groups excluding carboxylic acids is 3. The van der Waals surface area contributed by atoms with Crippen LogP contribution in [0.1, 0.15) is 51.2 Å². The molecule has 2 amide bonds. The second-order valence-electron chi connectivity index (χ2n) is 12.0. The van der Waals surface area contributed by atoms with Crippen molar-refractivity contribution >= 4 is 61.4 Å². The SMILES string of the molecule is COC(=O)C1(O)CC2CC1n1c3ccccc3c3c4c(c5c6ccccc6n2c5c31)C(=O)N(Cc1ccc(OC)cc1)C4=O. The number of fused-ring (bicyclic) bond motifs is 13. The van der Waals surface area contributed by atoms with E-state index >= 15 is 0 Å². The van der Waals surface area contributed by atoms with Crippen molar-refractivity contribution in [3.63, 3.8) is 0 Å². The fraction of sp³-hybridized carbons (Fsp3) is 0.229. The van der Waals surface area contributed by atoms with Gasteiger partial charge in [-0.15, -0.1) is 0 Å². The van der Waals surface area contributed by atoms with Crippen LogP contribution in [0.2, 0.25) is 0 Å². The molecule has 2 aromatic heterocycles. The molecule has 3 unspecified atom stereocenters. The van der Waals surface area contributed by atoms with E-state index in [1.807, 2.05) is 77.4 Å². The Bertz CT molecular complexity index is 2280. The van der Waals surface area contributed by atoms with Crippen LogP contribution in [0.4, 0.5) is 0 Å². The van der Waals surface area contributed by atoms with Crippen LogP contribution in [-0.4, -0.2) is 56.7 Å². The summed E-state index contributed by atoms with van der Waals surface area (Å²) in [4.78, 5) is 43.5. The quantitative estimate of drug-likeness (QED) is 0.217. The summed E-state index contributed by atoms with van der Waals surface area (Å²) in [6.07, 6.45) is 0.650. The maximum absolute atomic E-state index is 14.5. The fourth-order valence-corrected chi connectivity index (χ4v) is 8.24. The molecule has 9 nitrogen and oxygen atoms in total. The van der Waals surface area contributed by atoms with E-state index in [2.05, 4.69) is 4.57 Å². The molecular formula is C35H27N3O6. The molecule has 1 aliphatic carbocycles. The lowest BCUT2D eigenvalue weighted by molar-refractivity contribution is -0.165. The normalized spacial score (nSPS) is 22.1. The smallest absolute Gasteiger partial charge is 0.340 e. The van der Waals surface area contributed by atoms with E-state index in [-0.39, 0.29) is 30.8 Å². The maximum atomic E-state index is 14.5. The number of methoxy groups -OCH3 is 2. The summed E-state index contributed by atoms with van der Waals surface area (Å²) in [5.74, 6) is -0.677. The molecule has 3 aliphatic rings. The Morgan fingerprint density at radius 3 is 2.00 bits per heavy atom. The highest BCUT2D eigenvalue weighted by Gasteiger charge is 2.57. The van der Waals surface area contributed by atoms with Crippen molar-refractivity contribution in [2.24, 2.45) is 0 Å². The van der Waals surface area contributed by atoms with Gasteiger partial charge in [0.1, 0.15) is 5.75 Å². The van der Waals surface area contributed by atoms with E-state index in [1.54, 1.807) is 7.11 Å². The maximum Gasteiger partial charge on any atom is 0.340 e. The van der Waals surface area contributed by atoms with Gasteiger partial charge in [-0.25, -0.2) is 4.79 Å². The van der Waals surface area contributed by atoms with Crippen LogP contribution in [0, 0.1) is 0 Å². The first-order chi connectivity index (χ1) is 21.4. The molecule has 0 saturated heterocycles. The van der Waals surface area contributed by atoms with Crippen LogP contribution < -0.4 is 4.74 Å². The molecule has 1 fully saturated rings. The Labute approximate surface area is 250 Å². The first-order valence-corrected chi connectivity index (χ1v) is 14.7. The molecule has 4 aromatic carbocycles. The zero-order valence-electron chi connectivity index (χ0n) is 24.0. The van der Waals surface area contributed by atoms with Crippen LogP contribution in [-0.2, 0) is 16.1 Å². The lowest BCUT2D eigenvalue weighted by Gasteiger charge is -2.30. The number of imide groups is 1. The van der Waals surface area contributed by atoms with Crippen molar-refractivity contribution in [3.8, 4) is 5.75 Å². The Hall–Kier alpha value is -5.15. The first kappa shape index (κ1) is 25.4. The van der Waals surface area contributed by atoms with Crippen LogP contribution >= 0.6 is 0 Å². The molecule has 6 aromatic rings. The molecule has 2 bridgehead atoms. The summed E-state index contributed by atoms with van der Waals surface area (Å²) >= 11 is 0.